The Labute approximate surface area is 363 Å². The number of hydrogen-bond acceptors (Lipinski definition) is 10. The van der Waals surface area contributed by atoms with Gasteiger partial charge in [-0.3, -0.25) is 39.4 Å². The minimum absolute atomic E-state index is 0.00452. The van der Waals surface area contributed by atoms with Crippen molar-refractivity contribution in [2.45, 2.75) is 101 Å². The zero-order chi connectivity index (χ0) is 44.2. The molecular formula is C44H50F2N6O8S2. The van der Waals surface area contributed by atoms with E-state index in [1.165, 1.54) is 12.1 Å². The van der Waals surface area contributed by atoms with E-state index in [2.05, 4.69) is 15.4 Å². The quantitative estimate of drug-likeness (QED) is 0.0312. The van der Waals surface area contributed by atoms with E-state index in [-0.39, 0.29) is 65.9 Å². The Morgan fingerprint density at radius 3 is 2.40 bits per heavy atom. The van der Waals surface area contributed by atoms with Gasteiger partial charge in [0.1, 0.15) is 29.6 Å². The van der Waals surface area contributed by atoms with Crippen LogP contribution in [-0.2, 0) is 19.6 Å². The van der Waals surface area contributed by atoms with Crippen molar-refractivity contribution in [3.8, 4) is 16.9 Å². The average molecular weight is 893 g/mol. The van der Waals surface area contributed by atoms with Crippen LogP contribution in [-0.4, -0.2) is 88.7 Å². The smallest absolute Gasteiger partial charge is 0.266 e. The fraction of sp³-hybridized carbons (Fsp3) is 0.432. The summed E-state index contributed by atoms with van der Waals surface area (Å²) in [5.41, 5.74) is 9.57. The number of sulfonamides is 1. The van der Waals surface area contributed by atoms with Gasteiger partial charge in [-0.05, 0) is 74.5 Å². The van der Waals surface area contributed by atoms with Gasteiger partial charge in [-0.25, -0.2) is 17.2 Å². The van der Waals surface area contributed by atoms with Crippen molar-refractivity contribution < 1.29 is 46.2 Å². The van der Waals surface area contributed by atoms with Crippen LogP contribution in [0.25, 0.3) is 22.0 Å². The van der Waals surface area contributed by atoms with Crippen LogP contribution >= 0.6 is 12.2 Å². The van der Waals surface area contributed by atoms with Crippen LogP contribution in [0.2, 0.25) is 0 Å². The number of hydrogen-bond donors (Lipinski definition) is 5. The van der Waals surface area contributed by atoms with E-state index in [0.29, 0.717) is 43.5 Å². The van der Waals surface area contributed by atoms with Crippen LogP contribution in [0, 0.1) is 0 Å². The first-order valence-electron chi connectivity index (χ1n) is 20.9. The number of fused-ring (bicyclic) bond motifs is 2. The first-order chi connectivity index (χ1) is 29.6. The third-order valence-corrected chi connectivity index (χ3v) is 13.3. The number of ether oxygens (including phenoxy) is 1. The van der Waals surface area contributed by atoms with E-state index in [1.807, 2.05) is 41.1 Å². The van der Waals surface area contributed by atoms with Crippen molar-refractivity contribution in [1.29, 1.82) is 0 Å². The lowest BCUT2D eigenvalue weighted by molar-refractivity contribution is -0.136. The highest BCUT2D eigenvalue weighted by Crippen LogP contribution is 2.42. The molecule has 6 N–H and O–H groups in total. The molecule has 1 aromatic heterocycles. The molecule has 3 aliphatic rings. The zero-order valence-corrected chi connectivity index (χ0v) is 35.7. The first kappa shape index (κ1) is 44.7. The molecule has 18 heteroatoms. The fourth-order valence-electron chi connectivity index (χ4n) is 8.45. The van der Waals surface area contributed by atoms with Crippen molar-refractivity contribution in [3.05, 3.63) is 83.6 Å². The van der Waals surface area contributed by atoms with Gasteiger partial charge in [-0.15, -0.1) is 0 Å². The second-order valence-corrected chi connectivity index (χ2v) is 18.4. The Morgan fingerprint density at radius 1 is 0.935 bits per heavy atom. The molecule has 1 saturated carbocycles. The molecule has 0 bridgehead atoms. The summed E-state index contributed by atoms with van der Waals surface area (Å²) in [6.45, 7) is 0.273. The van der Waals surface area contributed by atoms with Crippen molar-refractivity contribution in [3.63, 3.8) is 0 Å². The number of aliphatic hydroxyl groups is 1. The normalized spacial score (nSPS) is 18.5. The van der Waals surface area contributed by atoms with E-state index in [9.17, 15) is 41.5 Å². The number of nitrogens with zero attached hydrogens (tertiary/aromatic N) is 2. The molecular weight excluding hydrogens is 843 g/mol. The summed E-state index contributed by atoms with van der Waals surface area (Å²) in [4.78, 5) is 51.4. The maximum Gasteiger partial charge on any atom is 0.266 e. The lowest BCUT2D eigenvalue weighted by Gasteiger charge is -2.29. The number of alkyl halides is 2. The van der Waals surface area contributed by atoms with Crippen molar-refractivity contribution in [1.82, 2.24) is 20.1 Å². The van der Waals surface area contributed by atoms with E-state index in [4.69, 9.17) is 22.7 Å². The Hall–Kier alpha value is -5.30. The summed E-state index contributed by atoms with van der Waals surface area (Å²) in [5.74, 6) is -5.17. The Morgan fingerprint density at radius 2 is 1.66 bits per heavy atom. The molecule has 2 unspecified atom stereocenters. The number of rotatable bonds is 19. The number of amides is 4. The van der Waals surface area contributed by atoms with Gasteiger partial charge in [0, 0.05) is 48.0 Å². The van der Waals surface area contributed by atoms with Crippen LogP contribution in [0.3, 0.4) is 0 Å². The van der Waals surface area contributed by atoms with Crippen LogP contribution < -0.4 is 25.8 Å². The van der Waals surface area contributed by atoms with E-state index in [0.717, 1.165) is 52.6 Å². The van der Waals surface area contributed by atoms with Gasteiger partial charge in [0.05, 0.1) is 28.1 Å². The van der Waals surface area contributed by atoms with Crippen molar-refractivity contribution in [2.24, 2.45) is 5.73 Å². The number of carbonyl (C=O) groups excluding carboxylic acids is 4. The molecule has 2 fully saturated rings. The highest BCUT2D eigenvalue weighted by Gasteiger charge is 2.46. The lowest BCUT2D eigenvalue weighted by atomic mass is 9.92. The minimum atomic E-state index is -3.68. The fourth-order valence-corrected chi connectivity index (χ4v) is 9.74. The minimum Gasteiger partial charge on any atom is -0.489 e. The SMILES string of the molecule is NC(=S)c1cccc(-c2cn(C3CCC(F)(F)CC3)c3cc(NS(=O)(=O)CCCCCCCCNC(O)COc4cccc5c4C(=O)N(C4CCC(=O)NC4=O)C5=O)ccc23)c1. The number of piperidine rings is 1. The molecule has 4 aromatic rings. The maximum atomic E-state index is 14.1. The number of thiocarbonyl (C=S) groups is 1. The largest absolute Gasteiger partial charge is 0.489 e. The number of carbonyl (C=O) groups is 4. The number of halogens is 2. The molecule has 2 atom stereocenters. The van der Waals surface area contributed by atoms with Crippen LogP contribution in [0.15, 0.2) is 66.9 Å². The maximum absolute atomic E-state index is 14.1. The number of unbranched alkanes of at least 4 members (excludes halogenated alkanes) is 5. The molecule has 3 aromatic carbocycles. The third-order valence-electron chi connectivity index (χ3n) is 11.7. The molecule has 4 amide bonds. The Balaban J connectivity index is 0.840. The molecule has 1 saturated heterocycles. The van der Waals surface area contributed by atoms with Gasteiger partial charge in [-0.1, -0.05) is 68.2 Å². The predicted molar refractivity (Wildman–Crippen MR) is 233 cm³/mol. The standard InChI is InChI=1S/C44H50F2N6O8S2/c45-44(46)19-17-30(18-20-44)51-25-33(27-9-7-10-28(23-27)40(47)61)31-14-13-29(24-35(31)51)50-62(58,59)22-6-4-2-1-3-5-21-48-38(54)26-60-36-12-8-11-32-39(36)43(57)52(42(32)56)34-15-16-37(53)49-41(34)55/h7-14,23-25,30,34,38,48,50,54H,1-6,15-22,26H2,(H2,47,61)(H,49,53,55). The summed E-state index contributed by atoms with van der Waals surface area (Å²) >= 11 is 5.19. The molecule has 1 aliphatic carbocycles. The highest BCUT2D eigenvalue weighted by molar-refractivity contribution is 7.92. The van der Waals surface area contributed by atoms with Gasteiger partial charge in [0.2, 0.25) is 27.8 Å². The summed E-state index contributed by atoms with van der Waals surface area (Å²) in [5, 5.41) is 16.5. The first-order valence-corrected chi connectivity index (χ1v) is 23.0. The summed E-state index contributed by atoms with van der Waals surface area (Å²) < 4.78 is 65.0. The van der Waals surface area contributed by atoms with E-state index < -0.39 is 51.8 Å². The number of benzene rings is 3. The van der Waals surface area contributed by atoms with Gasteiger partial charge in [0.25, 0.3) is 11.8 Å². The second-order valence-electron chi connectivity index (χ2n) is 16.2. The highest BCUT2D eigenvalue weighted by atomic mass is 32.2. The molecule has 0 radical (unpaired) electrons. The van der Waals surface area contributed by atoms with Crippen molar-refractivity contribution >= 4 is 67.4 Å². The molecule has 0 spiro atoms. The van der Waals surface area contributed by atoms with E-state index in [1.54, 1.807) is 18.2 Å². The van der Waals surface area contributed by atoms with Gasteiger partial charge < -0.3 is 20.1 Å². The van der Waals surface area contributed by atoms with Crippen LogP contribution in [0.1, 0.15) is 109 Å². The number of aromatic nitrogens is 1. The number of nitrogens with two attached hydrogens (primary N) is 1. The predicted octanol–water partition coefficient (Wildman–Crippen LogP) is 6.16. The topological polar surface area (TPSA) is 202 Å². The van der Waals surface area contributed by atoms with Crippen LogP contribution in [0.5, 0.6) is 5.75 Å². The van der Waals surface area contributed by atoms with Gasteiger partial charge in [-0.2, -0.15) is 0 Å². The van der Waals surface area contributed by atoms with Gasteiger partial charge in [0.15, 0.2) is 0 Å². The third kappa shape index (κ3) is 10.3. The monoisotopic (exact) mass is 892 g/mol. The summed E-state index contributed by atoms with van der Waals surface area (Å²) in [7, 11) is -3.68. The Kier molecular flexibility index (Phi) is 13.7. The van der Waals surface area contributed by atoms with Crippen molar-refractivity contribution in [2.75, 3.05) is 23.6 Å². The average Bonchev–Trinajstić information content (AvgIpc) is 3.73. The lowest BCUT2D eigenvalue weighted by Crippen LogP contribution is -2.54. The number of nitrogens with one attached hydrogen (secondary N) is 3. The second kappa shape index (κ2) is 19.0. The molecule has 2 aliphatic heterocycles. The molecule has 14 nitrogen and oxygen atoms in total. The summed E-state index contributed by atoms with van der Waals surface area (Å²) in [6.07, 6.45) is 5.54. The molecule has 3 heterocycles. The Bertz CT molecular complexity index is 2490. The van der Waals surface area contributed by atoms with Crippen LogP contribution in [0.4, 0.5) is 14.5 Å². The number of imide groups is 2. The zero-order valence-electron chi connectivity index (χ0n) is 34.0. The van der Waals surface area contributed by atoms with Gasteiger partial charge >= 0.3 is 0 Å². The number of anilines is 1. The summed E-state index contributed by atoms with van der Waals surface area (Å²) in [6, 6.07) is 16.1. The number of aliphatic hydroxyl groups excluding tert-OH is 1. The molecule has 330 valence electrons. The molecule has 62 heavy (non-hydrogen) atoms. The van der Waals surface area contributed by atoms with E-state index >= 15 is 0 Å². The molecule has 7 rings (SSSR count).